The van der Waals surface area contributed by atoms with E-state index in [1.54, 1.807) is 6.07 Å². The number of nitrogens with zero attached hydrogens (tertiary/aromatic N) is 1. The fraction of sp³-hybridized carbons (Fsp3) is 0.600. The van der Waals surface area contributed by atoms with Gasteiger partial charge in [0.15, 0.2) is 0 Å². The zero-order valence-corrected chi connectivity index (χ0v) is 11.4. The maximum absolute atomic E-state index is 13.2. The fourth-order valence-corrected chi connectivity index (χ4v) is 2.51. The van der Waals surface area contributed by atoms with Gasteiger partial charge in [-0.2, -0.15) is 0 Å². The number of hydrogen-bond acceptors (Lipinski definition) is 3. The topological polar surface area (TPSA) is 38.5 Å². The lowest BCUT2D eigenvalue weighted by Gasteiger charge is -2.26. The molecule has 0 saturated carbocycles. The van der Waals surface area contributed by atoms with Gasteiger partial charge >= 0.3 is 0 Å². The second kappa shape index (κ2) is 7.46. The van der Waals surface area contributed by atoms with Gasteiger partial charge in [-0.05, 0) is 62.7 Å². The standard InChI is InChI=1S/C15H23FN2O/c16-14-4-5-15(13(12-14)6-7-17)19-11-10-18-8-2-1-3-9-18/h4-5,12H,1-3,6-11,17H2. The highest BCUT2D eigenvalue weighted by molar-refractivity contribution is 5.34. The monoisotopic (exact) mass is 266 g/mol. The lowest BCUT2D eigenvalue weighted by Crippen LogP contribution is -2.33. The largest absolute Gasteiger partial charge is 0.492 e. The predicted octanol–water partition coefficient (Wildman–Crippen LogP) is 2.19. The highest BCUT2D eigenvalue weighted by Gasteiger charge is 2.10. The van der Waals surface area contributed by atoms with Crippen molar-refractivity contribution in [2.24, 2.45) is 5.73 Å². The molecule has 2 rings (SSSR count). The van der Waals surface area contributed by atoms with Crippen LogP contribution in [-0.2, 0) is 6.42 Å². The Bertz CT molecular complexity index is 392. The van der Waals surface area contributed by atoms with E-state index in [1.165, 1.54) is 44.5 Å². The summed E-state index contributed by atoms with van der Waals surface area (Å²) < 4.78 is 19.0. The third-order valence-electron chi connectivity index (χ3n) is 3.55. The van der Waals surface area contributed by atoms with Gasteiger partial charge in [-0.15, -0.1) is 0 Å². The van der Waals surface area contributed by atoms with Crippen LogP contribution in [0.25, 0.3) is 0 Å². The van der Waals surface area contributed by atoms with Crippen LogP contribution in [0, 0.1) is 5.82 Å². The van der Waals surface area contributed by atoms with E-state index in [2.05, 4.69) is 4.90 Å². The van der Waals surface area contributed by atoms with E-state index in [-0.39, 0.29) is 5.82 Å². The van der Waals surface area contributed by atoms with Crippen molar-refractivity contribution in [3.05, 3.63) is 29.6 Å². The lowest BCUT2D eigenvalue weighted by atomic mass is 10.1. The summed E-state index contributed by atoms with van der Waals surface area (Å²) in [4.78, 5) is 2.43. The summed E-state index contributed by atoms with van der Waals surface area (Å²) in [5, 5.41) is 0. The van der Waals surface area contributed by atoms with Crippen molar-refractivity contribution in [3.8, 4) is 5.75 Å². The molecule has 0 bridgehead atoms. The number of rotatable bonds is 6. The second-order valence-electron chi connectivity index (χ2n) is 5.04. The maximum Gasteiger partial charge on any atom is 0.123 e. The van der Waals surface area contributed by atoms with Gasteiger partial charge in [0, 0.05) is 6.54 Å². The van der Waals surface area contributed by atoms with Crippen LogP contribution in [-0.4, -0.2) is 37.7 Å². The van der Waals surface area contributed by atoms with Crippen molar-refractivity contribution < 1.29 is 9.13 Å². The molecule has 1 aromatic rings. The third-order valence-corrected chi connectivity index (χ3v) is 3.55. The van der Waals surface area contributed by atoms with Crippen LogP contribution in [0.15, 0.2) is 18.2 Å². The maximum atomic E-state index is 13.2. The van der Waals surface area contributed by atoms with Gasteiger partial charge in [0.25, 0.3) is 0 Å². The van der Waals surface area contributed by atoms with E-state index < -0.39 is 0 Å². The minimum atomic E-state index is -0.230. The number of ether oxygens (including phenoxy) is 1. The summed E-state index contributed by atoms with van der Waals surface area (Å²) in [5.41, 5.74) is 6.40. The Hall–Kier alpha value is -1.13. The van der Waals surface area contributed by atoms with Crippen molar-refractivity contribution in [3.63, 3.8) is 0 Å². The van der Waals surface area contributed by atoms with E-state index in [4.69, 9.17) is 10.5 Å². The van der Waals surface area contributed by atoms with Gasteiger partial charge in [-0.1, -0.05) is 6.42 Å². The van der Waals surface area contributed by atoms with Crippen LogP contribution in [0.5, 0.6) is 5.75 Å². The van der Waals surface area contributed by atoms with E-state index in [0.717, 1.165) is 17.9 Å². The zero-order chi connectivity index (χ0) is 13.5. The molecule has 0 spiro atoms. The summed E-state index contributed by atoms with van der Waals surface area (Å²) in [6.07, 6.45) is 4.57. The van der Waals surface area contributed by atoms with E-state index in [9.17, 15) is 4.39 Å². The first-order chi connectivity index (χ1) is 9.29. The summed E-state index contributed by atoms with van der Waals surface area (Å²) in [6, 6.07) is 4.66. The Morgan fingerprint density at radius 2 is 2.00 bits per heavy atom. The number of benzene rings is 1. The molecule has 3 nitrogen and oxygen atoms in total. The van der Waals surface area contributed by atoms with Gasteiger partial charge in [-0.25, -0.2) is 4.39 Å². The molecule has 0 atom stereocenters. The quantitative estimate of drug-likeness (QED) is 0.858. The van der Waals surface area contributed by atoms with E-state index in [0.29, 0.717) is 19.6 Å². The highest BCUT2D eigenvalue weighted by atomic mass is 19.1. The first-order valence-corrected chi connectivity index (χ1v) is 7.13. The van der Waals surface area contributed by atoms with Crippen LogP contribution < -0.4 is 10.5 Å². The van der Waals surface area contributed by atoms with Gasteiger partial charge in [0.1, 0.15) is 18.2 Å². The van der Waals surface area contributed by atoms with Gasteiger partial charge < -0.3 is 10.5 Å². The molecule has 1 saturated heterocycles. The fourth-order valence-electron chi connectivity index (χ4n) is 2.51. The molecule has 106 valence electrons. The Morgan fingerprint density at radius 3 is 2.74 bits per heavy atom. The van der Waals surface area contributed by atoms with Crippen molar-refractivity contribution in [1.29, 1.82) is 0 Å². The van der Waals surface area contributed by atoms with Gasteiger partial charge in [0.2, 0.25) is 0 Å². The lowest BCUT2D eigenvalue weighted by molar-refractivity contribution is 0.182. The highest BCUT2D eigenvalue weighted by Crippen LogP contribution is 2.20. The summed E-state index contributed by atoms with van der Waals surface area (Å²) in [6.45, 7) is 4.44. The molecule has 4 heteroatoms. The van der Waals surface area contributed by atoms with Crippen LogP contribution in [0.1, 0.15) is 24.8 Å². The SMILES string of the molecule is NCCc1cc(F)ccc1OCCN1CCCCC1. The summed E-state index contributed by atoms with van der Waals surface area (Å²) in [5.74, 6) is 0.538. The molecule has 0 unspecified atom stereocenters. The normalized spacial score (nSPS) is 16.5. The number of likely N-dealkylation sites (tertiary alicyclic amines) is 1. The predicted molar refractivity (Wildman–Crippen MR) is 74.9 cm³/mol. The molecular weight excluding hydrogens is 243 g/mol. The van der Waals surface area contributed by atoms with E-state index >= 15 is 0 Å². The molecule has 1 aliphatic rings. The number of piperidine rings is 1. The molecule has 1 aromatic carbocycles. The summed E-state index contributed by atoms with van der Waals surface area (Å²) in [7, 11) is 0. The minimum Gasteiger partial charge on any atom is -0.492 e. The summed E-state index contributed by atoms with van der Waals surface area (Å²) >= 11 is 0. The molecular formula is C15H23FN2O. The first-order valence-electron chi connectivity index (χ1n) is 7.13. The molecule has 2 N–H and O–H groups in total. The molecule has 0 radical (unpaired) electrons. The average Bonchev–Trinajstić information content (AvgIpc) is 2.43. The average molecular weight is 266 g/mol. The van der Waals surface area contributed by atoms with Crippen molar-refractivity contribution in [2.45, 2.75) is 25.7 Å². The van der Waals surface area contributed by atoms with Crippen molar-refractivity contribution >= 4 is 0 Å². The smallest absolute Gasteiger partial charge is 0.123 e. The molecule has 1 heterocycles. The van der Waals surface area contributed by atoms with Crippen LogP contribution in [0.3, 0.4) is 0 Å². The number of halogens is 1. The van der Waals surface area contributed by atoms with Gasteiger partial charge in [-0.3, -0.25) is 4.90 Å². The Kier molecular flexibility index (Phi) is 5.61. The molecule has 0 aliphatic carbocycles. The Balaban J connectivity index is 1.84. The second-order valence-corrected chi connectivity index (χ2v) is 5.04. The number of nitrogens with two attached hydrogens (primary N) is 1. The first kappa shape index (κ1) is 14.3. The molecule has 0 aromatic heterocycles. The molecule has 0 amide bonds. The molecule has 1 fully saturated rings. The number of hydrogen-bond donors (Lipinski definition) is 1. The van der Waals surface area contributed by atoms with E-state index in [1.807, 2.05) is 0 Å². The van der Waals surface area contributed by atoms with Crippen LogP contribution >= 0.6 is 0 Å². The Labute approximate surface area is 114 Å². The molecule has 1 aliphatic heterocycles. The van der Waals surface area contributed by atoms with Crippen molar-refractivity contribution in [1.82, 2.24) is 4.90 Å². The minimum absolute atomic E-state index is 0.230. The Morgan fingerprint density at radius 1 is 1.21 bits per heavy atom. The molecule has 19 heavy (non-hydrogen) atoms. The van der Waals surface area contributed by atoms with Crippen LogP contribution in [0.4, 0.5) is 4.39 Å². The third kappa shape index (κ3) is 4.48. The zero-order valence-electron chi connectivity index (χ0n) is 11.4. The van der Waals surface area contributed by atoms with Gasteiger partial charge in [0.05, 0.1) is 0 Å². The van der Waals surface area contributed by atoms with Crippen molar-refractivity contribution in [2.75, 3.05) is 32.8 Å². The van der Waals surface area contributed by atoms with Crippen LogP contribution in [0.2, 0.25) is 0 Å².